The Bertz CT molecular complexity index is 889. The van der Waals surface area contributed by atoms with Crippen molar-refractivity contribution in [3.05, 3.63) is 41.2 Å². The van der Waals surface area contributed by atoms with Gasteiger partial charge in [0.2, 0.25) is 5.91 Å². The molecule has 2 aliphatic rings. The van der Waals surface area contributed by atoms with Gasteiger partial charge < -0.3 is 19.9 Å². The molecule has 0 spiro atoms. The second kappa shape index (κ2) is 9.15. The molecule has 1 fully saturated rings. The van der Waals surface area contributed by atoms with Crippen LogP contribution in [0.2, 0.25) is 0 Å². The summed E-state index contributed by atoms with van der Waals surface area (Å²) in [6.07, 6.45) is 3.18. The van der Waals surface area contributed by atoms with Crippen molar-refractivity contribution in [3.63, 3.8) is 0 Å². The van der Waals surface area contributed by atoms with Gasteiger partial charge in [-0.25, -0.2) is 9.48 Å². The Hall–Kier alpha value is -3.10. The molecule has 2 aliphatic heterocycles. The fraction of sp³-hybridized carbons (Fsp3) is 0.524. The lowest BCUT2D eigenvalue weighted by molar-refractivity contribution is -0.130. The minimum atomic E-state index is -0.114. The lowest BCUT2D eigenvalue weighted by Crippen LogP contribution is -2.44. The molecule has 1 saturated heterocycles. The van der Waals surface area contributed by atoms with Gasteiger partial charge in [0.15, 0.2) is 0 Å². The minimum absolute atomic E-state index is 0.114. The van der Waals surface area contributed by atoms with Crippen molar-refractivity contribution in [2.75, 3.05) is 26.7 Å². The number of likely N-dealkylation sites (tertiary alicyclic amines) is 1. The van der Waals surface area contributed by atoms with Crippen LogP contribution in [0.4, 0.5) is 4.79 Å². The largest absolute Gasteiger partial charge is 0.497 e. The van der Waals surface area contributed by atoms with Crippen LogP contribution in [0.3, 0.4) is 0 Å². The maximum atomic E-state index is 12.7. The lowest BCUT2D eigenvalue weighted by Gasteiger charge is -2.28. The van der Waals surface area contributed by atoms with Crippen molar-refractivity contribution in [3.8, 4) is 5.75 Å². The molecule has 160 valence electrons. The van der Waals surface area contributed by atoms with Crippen molar-refractivity contribution in [2.24, 2.45) is 0 Å². The molecule has 0 atom stereocenters. The summed E-state index contributed by atoms with van der Waals surface area (Å²) in [5.41, 5.74) is 2.75. The van der Waals surface area contributed by atoms with Gasteiger partial charge in [-0.2, -0.15) is 0 Å². The normalized spacial score (nSPS) is 15.8. The third kappa shape index (κ3) is 4.55. The molecule has 30 heavy (non-hydrogen) atoms. The quantitative estimate of drug-likeness (QED) is 0.777. The second-order valence-electron chi connectivity index (χ2n) is 7.72. The number of aryl methyl sites for hydroxylation is 1. The zero-order valence-corrected chi connectivity index (χ0v) is 17.3. The first-order valence-corrected chi connectivity index (χ1v) is 10.5. The molecule has 0 bridgehead atoms. The Morgan fingerprint density at radius 1 is 1.07 bits per heavy atom. The highest BCUT2D eigenvalue weighted by Gasteiger charge is 2.26. The van der Waals surface area contributed by atoms with Crippen LogP contribution < -0.4 is 10.1 Å². The number of benzene rings is 1. The maximum absolute atomic E-state index is 12.7. The summed E-state index contributed by atoms with van der Waals surface area (Å²) in [6.45, 7) is 3.82. The van der Waals surface area contributed by atoms with Crippen molar-refractivity contribution in [2.45, 2.75) is 45.3 Å². The number of carbonyl (C=O) groups is 2. The highest BCUT2D eigenvalue weighted by molar-refractivity contribution is 5.76. The Kier molecular flexibility index (Phi) is 6.15. The van der Waals surface area contributed by atoms with E-state index in [0.717, 1.165) is 48.6 Å². The van der Waals surface area contributed by atoms with Crippen molar-refractivity contribution in [1.29, 1.82) is 0 Å². The van der Waals surface area contributed by atoms with Crippen LogP contribution in [-0.2, 0) is 30.8 Å². The van der Waals surface area contributed by atoms with Crippen molar-refractivity contribution < 1.29 is 14.3 Å². The average molecular weight is 412 g/mol. The number of ether oxygens (including phenoxy) is 1. The summed E-state index contributed by atoms with van der Waals surface area (Å²) in [4.78, 5) is 28.7. The standard InChI is InChI=1S/C21H28N6O3/c1-30-17-6-4-16(5-7-17)14-22-21(29)26-12-13-27-19(15-26)18(23-24-27)8-9-20(28)25-10-2-3-11-25/h4-7H,2-3,8-15H2,1H3,(H,22,29). The van der Waals surface area contributed by atoms with E-state index < -0.39 is 0 Å². The minimum Gasteiger partial charge on any atom is -0.497 e. The molecule has 4 rings (SSSR count). The number of carbonyl (C=O) groups excluding carboxylic acids is 2. The number of nitrogens with one attached hydrogen (secondary N) is 1. The third-order valence-electron chi connectivity index (χ3n) is 5.76. The summed E-state index contributed by atoms with van der Waals surface area (Å²) < 4.78 is 7.01. The number of aromatic nitrogens is 3. The molecule has 3 heterocycles. The molecule has 1 N–H and O–H groups in total. The van der Waals surface area contributed by atoms with Crippen LogP contribution in [0, 0.1) is 0 Å². The predicted octanol–water partition coefficient (Wildman–Crippen LogP) is 1.57. The van der Waals surface area contributed by atoms with E-state index in [0.29, 0.717) is 39.0 Å². The van der Waals surface area contributed by atoms with Gasteiger partial charge in [0.25, 0.3) is 0 Å². The SMILES string of the molecule is COc1ccc(CNC(=O)N2CCn3nnc(CCC(=O)N4CCCC4)c3C2)cc1. The number of urea groups is 1. The van der Waals surface area contributed by atoms with E-state index in [9.17, 15) is 9.59 Å². The number of hydrogen-bond donors (Lipinski definition) is 1. The van der Waals surface area contributed by atoms with E-state index in [4.69, 9.17) is 4.74 Å². The first-order valence-electron chi connectivity index (χ1n) is 10.5. The van der Waals surface area contributed by atoms with Crippen LogP contribution in [0.1, 0.15) is 36.2 Å². The molecule has 3 amide bonds. The number of rotatable bonds is 6. The highest BCUT2D eigenvalue weighted by atomic mass is 16.5. The molecule has 1 aromatic carbocycles. The monoisotopic (exact) mass is 412 g/mol. The van der Waals surface area contributed by atoms with Gasteiger partial charge >= 0.3 is 6.03 Å². The molecule has 0 radical (unpaired) electrons. The molecule has 1 aromatic heterocycles. The van der Waals surface area contributed by atoms with Crippen LogP contribution >= 0.6 is 0 Å². The summed E-state index contributed by atoms with van der Waals surface area (Å²) in [7, 11) is 1.63. The summed E-state index contributed by atoms with van der Waals surface area (Å²) in [5.74, 6) is 0.969. The second-order valence-corrected chi connectivity index (χ2v) is 7.72. The molecule has 0 unspecified atom stereocenters. The number of nitrogens with zero attached hydrogens (tertiary/aromatic N) is 5. The van der Waals surface area contributed by atoms with E-state index in [2.05, 4.69) is 15.6 Å². The number of hydrogen-bond acceptors (Lipinski definition) is 5. The number of fused-ring (bicyclic) bond motifs is 1. The molecular weight excluding hydrogens is 384 g/mol. The van der Waals surface area contributed by atoms with Gasteiger partial charge in [0.1, 0.15) is 5.75 Å². The first-order chi connectivity index (χ1) is 14.6. The zero-order valence-electron chi connectivity index (χ0n) is 17.3. The number of methoxy groups -OCH3 is 1. The number of amides is 3. The fourth-order valence-corrected chi connectivity index (χ4v) is 3.95. The molecule has 9 heteroatoms. The smallest absolute Gasteiger partial charge is 0.318 e. The Morgan fingerprint density at radius 3 is 2.57 bits per heavy atom. The highest BCUT2D eigenvalue weighted by Crippen LogP contribution is 2.18. The van der Waals surface area contributed by atoms with Crippen LogP contribution in [-0.4, -0.2) is 63.5 Å². The summed E-state index contributed by atoms with van der Waals surface area (Å²) in [5, 5.41) is 11.5. The van der Waals surface area contributed by atoms with Gasteiger partial charge in [-0.1, -0.05) is 17.3 Å². The predicted molar refractivity (Wildman–Crippen MR) is 110 cm³/mol. The van der Waals surface area contributed by atoms with Gasteiger partial charge in [0, 0.05) is 39.0 Å². The Balaban J connectivity index is 1.31. The van der Waals surface area contributed by atoms with E-state index in [-0.39, 0.29) is 11.9 Å². The average Bonchev–Trinajstić information content (AvgIpc) is 3.46. The van der Waals surface area contributed by atoms with E-state index in [1.165, 1.54) is 0 Å². The Labute approximate surface area is 176 Å². The van der Waals surface area contributed by atoms with E-state index >= 15 is 0 Å². The Morgan fingerprint density at radius 2 is 1.83 bits per heavy atom. The van der Waals surface area contributed by atoms with Crippen LogP contribution in [0.25, 0.3) is 0 Å². The molecular formula is C21H28N6O3. The summed E-state index contributed by atoms with van der Waals surface area (Å²) in [6, 6.07) is 7.51. The first kappa shape index (κ1) is 20.2. The van der Waals surface area contributed by atoms with E-state index in [1.54, 1.807) is 12.0 Å². The fourth-order valence-electron chi connectivity index (χ4n) is 3.95. The third-order valence-corrected chi connectivity index (χ3v) is 5.76. The molecule has 0 aliphatic carbocycles. The van der Waals surface area contributed by atoms with Crippen molar-refractivity contribution in [1.82, 2.24) is 30.1 Å². The van der Waals surface area contributed by atoms with Gasteiger partial charge in [-0.3, -0.25) is 4.79 Å². The molecule has 2 aromatic rings. The summed E-state index contributed by atoms with van der Waals surface area (Å²) >= 11 is 0. The topological polar surface area (TPSA) is 92.6 Å². The zero-order chi connectivity index (χ0) is 20.9. The van der Waals surface area contributed by atoms with E-state index in [1.807, 2.05) is 33.8 Å². The maximum Gasteiger partial charge on any atom is 0.318 e. The lowest BCUT2D eigenvalue weighted by atomic mass is 10.1. The van der Waals surface area contributed by atoms with Crippen molar-refractivity contribution >= 4 is 11.9 Å². The molecule has 0 saturated carbocycles. The van der Waals surface area contributed by atoms with Gasteiger partial charge in [0.05, 0.1) is 31.6 Å². The van der Waals surface area contributed by atoms with Gasteiger partial charge in [-0.05, 0) is 30.5 Å². The van der Waals surface area contributed by atoms with Crippen LogP contribution in [0.15, 0.2) is 24.3 Å². The molecule has 9 nitrogen and oxygen atoms in total. The van der Waals surface area contributed by atoms with Gasteiger partial charge in [-0.15, -0.1) is 5.10 Å². The van der Waals surface area contributed by atoms with Crippen LogP contribution in [0.5, 0.6) is 5.75 Å².